The predicted molar refractivity (Wildman–Crippen MR) is 83.7 cm³/mol. The lowest BCUT2D eigenvalue weighted by Gasteiger charge is -2.17. The summed E-state index contributed by atoms with van der Waals surface area (Å²) in [6.45, 7) is 6.10. The van der Waals surface area contributed by atoms with Crippen molar-refractivity contribution in [2.45, 2.75) is 26.8 Å². The van der Waals surface area contributed by atoms with E-state index in [9.17, 15) is 4.79 Å². The Kier molecular flexibility index (Phi) is 4.55. The molecule has 0 spiro atoms. The maximum atomic E-state index is 12.2. The van der Waals surface area contributed by atoms with Crippen molar-refractivity contribution in [2.24, 2.45) is 0 Å². The molecule has 1 aromatic heterocycles. The second-order valence-electron chi connectivity index (χ2n) is 4.95. The van der Waals surface area contributed by atoms with Crippen LogP contribution in [-0.2, 0) is 0 Å². The van der Waals surface area contributed by atoms with Gasteiger partial charge in [0.1, 0.15) is 0 Å². The summed E-state index contributed by atoms with van der Waals surface area (Å²) < 4.78 is 0.796. The number of rotatable bonds is 3. The van der Waals surface area contributed by atoms with Crippen LogP contribution in [0.25, 0.3) is 0 Å². The molecule has 0 bridgehead atoms. The molecule has 1 unspecified atom stereocenters. The molecular formula is C16H17BrN2O. The summed E-state index contributed by atoms with van der Waals surface area (Å²) in [6.07, 6.45) is 3.22. The highest BCUT2D eigenvalue weighted by molar-refractivity contribution is 9.10. The van der Waals surface area contributed by atoms with Crippen LogP contribution in [-0.4, -0.2) is 10.9 Å². The van der Waals surface area contributed by atoms with E-state index >= 15 is 0 Å². The number of nitrogens with one attached hydrogen (secondary N) is 1. The molecule has 0 aliphatic rings. The van der Waals surface area contributed by atoms with Crippen molar-refractivity contribution in [3.05, 3.63) is 63.4 Å². The van der Waals surface area contributed by atoms with Gasteiger partial charge in [0, 0.05) is 16.9 Å². The summed E-state index contributed by atoms with van der Waals surface area (Å²) in [5.74, 6) is -0.118. The van der Waals surface area contributed by atoms with Crippen molar-refractivity contribution in [1.29, 1.82) is 0 Å². The molecular weight excluding hydrogens is 316 g/mol. The van der Waals surface area contributed by atoms with Crippen molar-refractivity contribution in [3.8, 4) is 0 Å². The van der Waals surface area contributed by atoms with E-state index in [1.165, 1.54) is 11.1 Å². The molecule has 3 nitrogen and oxygen atoms in total. The molecule has 0 aliphatic carbocycles. The number of hydrogen-bond acceptors (Lipinski definition) is 2. The average Bonchev–Trinajstić information content (AvgIpc) is 2.41. The summed E-state index contributed by atoms with van der Waals surface area (Å²) in [7, 11) is 0. The van der Waals surface area contributed by atoms with Crippen molar-refractivity contribution in [2.75, 3.05) is 0 Å². The van der Waals surface area contributed by atoms with E-state index in [0.717, 1.165) is 10.0 Å². The fraction of sp³-hybridized carbons (Fsp3) is 0.250. The molecule has 2 rings (SSSR count). The first-order chi connectivity index (χ1) is 9.47. The van der Waals surface area contributed by atoms with Crippen molar-refractivity contribution < 1.29 is 4.79 Å². The van der Waals surface area contributed by atoms with Crippen LogP contribution in [0.3, 0.4) is 0 Å². The van der Waals surface area contributed by atoms with E-state index in [1.54, 1.807) is 18.5 Å². The number of nitrogens with zero attached hydrogens (tertiary/aromatic N) is 1. The number of pyridine rings is 1. The predicted octanol–water partition coefficient (Wildman–Crippen LogP) is 3.95. The molecule has 1 aromatic carbocycles. The molecule has 1 atom stereocenters. The van der Waals surface area contributed by atoms with Gasteiger partial charge in [-0.1, -0.05) is 23.8 Å². The topological polar surface area (TPSA) is 42.0 Å². The Balaban J connectivity index is 2.17. The van der Waals surface area contributed by atoms with Gasteiger partial charge in [0.25, 0.3) is 5.91 Å². The summed E-state index contributed by atoms with van der Waals surface area (Å²) in [5, 5.41) is 3.01. The van der Waals surface area contributed by atoms with Crippen LogP contribution in [0.2, 0.25) is 0 Å². The molecule has 1 heterocycles. The second-order valence-corrected chi connectivity index (χ2v) is 5.86. The summed E-state index contributed by atoms with van der Waals surface area (Å²) in [6, 6.07) is 7.98. The minimum Gasteiger partial charge on any atom is -0.345 e. The monoisotopic (exact) mass is 332 g/mol. The van der Waals surface area contributed by atoms with Gasteiger partial charge in [-0.2, -0.15) is 0 Å². The SMILES string of the molecule is Cc1ccc(C)c(C(C)NC(=O)c2cncc(Br)c2)c1. The number of carbonyl (C=O) groups is 1. The first kappa shape index (κ1) is 14.7. The number of carbonyl (C=O) groups excluding carboxylic acids is 1. The van der Waals surface area contributed by atoms with Crippen LogP contribution in [0.5, 0.6) is 0 Å². The molecule has 2 aromatic rings. The van der Waals surface area contributed by atoms with Crippen molar-refractivity contribution >= 4 is 21.8 Å². The number of aromatic nitrogens is 1. The summed E-state index contributed by atoms with van der Waals surface area (Å²) in [5.41, 5.74) is 4.06. The number of amides is 1. The van der Waals surface area contributed by atoms with Gasteiger partial charge in [-0.05, 0) is 53.9 Å². The van der Waals surface area contributed by atoms with Crippen molar-refractivity contribution in [1.82, 2.24) is 10.3 Å². The van der Waals surface area contributed by atoms with Gasteiger partial charge in [-0.25, -0.2) is 0 Å². The quantitative estimate of drug-likeness (QED) is 0.924. The van der Waals surface area contributed by atoms with Gasteiger partial charge in [-0.3, -0.25) is 9.78 Å². The smallest absolute Gasteiger partial charge is 0.253 e. The zero-order valence-corrected chi connectivity index (χ0v) is 13.4. The van der Waals surface area contributed by atoms with E-state index in [4.69, 9.17) is 0 Å². The van der Waals surface area contributed by atoms with Gasteiger partial charge in [0.15, 0.2) is 0 Å². The third-order valence-electron chi connectivity index (χ3n) is 3.22. The Morgan fingerprint density at radius 1 is 1.25 bits per heavy atom. The van der Waals surface area contributed by atoms with E-state index in [-0.39, 0.29) is 11.9 Å². The Morgan fingerprint density at radius 3 is 2.70 bits per heavy atom. The largest absolute Gasteiger partial charge is 0.345 e. The Bertz CT molecular complexity index is 640. The molecule has 0 saturated heterocycles. The summed E-state index contributed by atoms with van der Waals surface area (Å²) in [4.78, 5) is 16.2. The van der Waals surface area contributed by atoms with Crippen LogP contribution >= 0.6 is 15.9 Å². The molecule has 1 amide bonds. The number of benzene rings is 1. The van der Waals surface area contributed by atoms with Crippen LogP contribution in [0.15, 0.2) is 41.1 Å². The zero-order chi connectivity index (χ0) is 14.7. The first-order valence-corrected chi connectivity index (χ1v) is 7.25. The lowest BCUT2D eigenvalue weighted by Crippen LogP contribution is -2.27. The normalized spacial score (nSPS) is 12.0. The number of hydrogen-bond donors (Lipinski definition) is 1. The lowest BCUT2D eigenvalue weighted by molar-refractivity contribution is 0.0939. The maximum Gasteiger partial charge on any atom is 0.253 e. The second kappa shape index (κ2) is 6.18. The Labute approximate surface area is 127 Å². The standard InChI is InChI=1S/C16H17BrN2O/c1-10-4-5-11(2)15(6-10)12(3)19-16(20)13-7-14(17)9-18-8-13/h4-9,12H,1-3H3,(H,19,20). The van der Waals surface area contributed by atoms with E-state index in [1.807, 2.05) is 6.92 Å². The molecule has 0 aliphatic heterocycles. The Hall–Kier alpha value is -1.68. The van der Waals surface area contributed by atoms with Crippen molar-refractivity contribution in [3.63, 3.8) is 0 Å². The minimum atomic E-state index is -0.118. The van der Waals surface area contributed by atoms with Crippen LogP contribution < -0.4 is 5.32 Å². The van der Waals surface area contributed by atoms with Gasteiger partial charge >= 0.3 is 0 Å². The fourth-order valence-electron chi connectivity index (χ4n) is 2.12. The van der Waals surface area contributed by atoms with Gasteiger partial charge in [-0.15, -0.1) is 0 Å². The number of aryl methyl sites for hydroxylation is 2. The highest BCUT2D eigenvalue weighted by Crippen LogP contribution is 2.19. The maximum absolute atomic E-state index is 12.2. The van der Waals surface area contributed by atoms with Crippen LogP contribution in [0, 0.1) is 13.8 Å². The van der Waals surface area contributed by atoms with E-state index < -0.39 is 0 Å². The molecule has 0 saturated carbocycles. The lowest BCUT2D eigenvalue weighted by atomic mass is 10.00. The minimum absolute atomic E-state index is 0.0404. The highest BCUT2D eigenvalue weighted by atomic mass is 79.9. The fourth-order valence-corrected chi connectivity index (χ4v) is 2.49. The molecule has 1 N–H and O–H groups in total. The zero-order valence-electron chi connectivity index (χ0n) is 11.8. The molecule has 4 heteroatoms. The van der Waals surface area contributed by atoms with E-state index in [0.29, 0.717) is 5.56 Å². The Morgan fingerprint density at radius 2 is 2.00 bits per heavy atom. The highest BCUT2D eigenvalue weighted by Gasteiger charge is 2.13. The van der Waals surface area contributed by atoms with Crippen LogP contribution in [0.4, 0.5) is 0 Å². The molecule has 0 radical (unpaired) electrons. The number of halogens is 1. The van der Waals surface area contributed by atoms with Gasteiger partial charge < -0.3 is 5.32 Å². The molecule has 104 valence electrons. The third-order valence-corrected chi connectivity index (χ3v) is 3.65. The third kappa shape index (κ3) is 3.45. The molecule has 20 heavy (non-hydrogen) atoms. The van der Waals surface area contributed by atoms with Gasteiger partial charge in [0.2, 0.25) is 0 Å². The molecule has 0 fully saturated rings. The average molecular weight is 333 g/mol. The van der Waals surface area contributed by atoms with E-state index in [2.05, 4.69) is 58.3 Å². The summed E-state index contributed by atoms with van der Waals surface area (Å²) >= 11 is 3.32. The van der Waals surface area contributed by atoms with Crippen LogP contribution in [0.1, 0.15) is 40.0 Å². The van der Waals surface area contributed by atoms with Gasteiger partial charge in [0.05, 0.1) is 11.6 Å². The first-order valence-electron chi connectivity index (χ1n) is 6.46.